The molecule has 3 amide bonds. The maximum absolute atomic E-state index is 13.0. The molecular formula is C25H33F3N6O5. The first kappa shape index (κ1) is 31.5. The van der Waals surface area contributed by atoms with Gasteiger partial charge in [0.1, 0.15) is 17.9 Å². The number of benzene rings is 2. The van der Waals surface area contributed by atoms with E-state index in [4.69, 9.17) is 17.2 Å². The van der Waals surface area contributed by atoms with Gasteiger partial charge in [-0.05, 0) is 35.4 Å². The smallest absolute Gasteiger partial charge is 0.416 e. The number of amides is 3. The van der Waals surface area contributed by atoms with Crippen molar-refractivity contribution in [2.45, 2.75) is 37.3 Å². The predicted octanol–water partition coefficient (Wildman–Crippen LogP) is -0.291. The number of aliphatic hydroxyl groups is 1. The number of carbonyl (C=O) groups is 3. The molecule has 0 radical (unpaired) electrons. The lowest BCUT2D eigenvalue weighted by Gasteiger charge is -2.26. The molecule has 39 heavy (non-hydrogen) atoms. The minimum Gasteiger partial charge on any atom is -0.508 e. The fourth-order valence-electron chi connectivity index (χ4n) is 3.61. The third-order valence-corrected chi connectivity index (χ3v) is 5.76. The number of aromatic hydroxyl groups is 1. The van der Waals surface area contributed by atoms with Crippen molar-refractivity contribution in [3.8, 4) is 5.75 Å². The zero-order valence-electron chi connectivity index (χ0n) is 21.0. The summed E-state index contributed by atoms with van der Waals surface area (Å²) in [6.45, 7) is 0.660. The molecule has 11 nitrogen and oxygen atoms in total. The van der Waals surface area contributed by atoms with Crippen molar-refractivity contribution < 1.29 is 37.8 Å². The van der Waals surface area contributed by atoms with Crippen LogP contribution < -0.4 is 27.8 Å². The molecule has 0 spiro atoms. The molecule has 0 aliphatic rings. The highest BCUT2D eigenvalue weighted by atomic mass is 19.4. The van der Waals surface area contributed by atoms with Crippen LogP contribution in [0.2, 0.25) is 0 Å². The van der Waals surface area contributed by atoms with Crippen LogP contribution in [0.5, 0.6) is 5.75 Å². The molecule has 214 valence electrons. The average Bonchev–Trinajstić information content (AvgIpc) is 2.90. The van der Waals surface area contributed by atoms with E-state index < -0.39 is 54.1 Å². The highest BCUT2D eigenvalue weighted by Crippen LogP contribution is 2.30. The van der Waals surface area contributed by atoms with Crippen LogP contribution in [-0.4, -0.2) is 71.1 Å². The Kier molecular flexibility index (Phi) is 11.7. The highest BCUT2D eigenvalue weighted by Gasteiger charge is 2.34. The SMILES string of the molecule is NCCN(CCN)C(=O)C[C@H](N)C(=O)NC(C(=O)NCc1ccc(O)cc1)[C@H](O)c1ccc(C(F)(F)F)cc1. The lowest BCUT2D eigenvalue weighted by Crippen LogP contribution is -2.55. The van der Waals surface area contributed by atoms with Crippen molar-refractivity contribution in [1.82, 2.24) is 15.5 Å². The van der Waals surface area contributed by atoms with Crippen LogP contribution in [-0.2, 0) is 27.1 Å². The molecule has 0 fully saturated rings. The topological polar surface area (TPSA) is 197 Å². The normalized spacial score (nSPS) is 13.7. The predicted molar refractivity (Wildman–Crippen MR) is 136 cm³/mol. The largest absolute Gasteiger partial charge is 0.508 e. The van der Waals surface area contributed by atoms with E-state index in [0.717, 1.165) is 24.3 Å². The molecule has 0 saturated carbocycles. The zero-order chi connectivity index (χ0) is 29.2. The summed E-state index contributed by atoms with van der Waals surface area (Å²) in [4.78, 5) is 39.7. The number of nitrogens with one attached hydrogen (secondary N) is 2. The molecular weight excluding hydrogens is 521 g/mol. The molecule has 2 aromatic carbocycles. The Labute approximate surface area is 223 Å². The number of hydrogen-bond acceptors (Lipinski definition) is 8. The van der Waals surface area contributed by atoms with Crippen molar-refractivity contribution in [2.75, 3.05) is 26.2 Å². The molecule has 3 atom stereocenters. The van der Waals surface area contributed by atoms with E-state index in [1.54, 1.807) is 0 Å². The van der Waals surface area contributed by atoms with Gasteiger partial charge in [0.25, 0.3) is 0 Å². The molecule has 2 rings (SSSR count). The lowest BCUT2D eigenvalue weighted by atomic mass is 9.99. The molecule has 0 aliphatic carbocycles. The number of carbonyl (C=O) groups excluding carboxylic acids is 3. The molecule has 0 aromatic heterocycles. The van der Waals surface area contributed by atoms with Crippen LogP contribution in [0.15, 0.2) is 48.5 Å². The summed E-state index contributed by atoms with van der Waals surface area (Å²) in [7, 11) is 0. The summed E-state index contributed by atoms with van der Waals surface area (Å²) >= 11 is 0. The number of aliphatic hydroxyl groups excluding tert-OH is 1. The van der Waals surface area contributed by atoms with Gasteiger partial charge in [0.15, 0.2) is 0 Å². The summed E-state index contributed by atoms with van der Waals surface area (Å²) in [5.74, 6) is -2.30. The van der Waals surface area contributed by atoms with E-state index in [-0.39, 0.29) is 44.0 Å². The maximum Gasteiger partial charge on any atom is 0.416 e. The number of rotatable bonds is 13. The molecule has 0 saturated heterocycles. The van der Waals surface area contributed by atoms with Gasteiger partial charge in [0.05, 0.1) is 18.0 Å². The van der Waals surface area contributed by atoms with Crippen LogP contribution in [0, 0.1) is 0 Å². The van der Waals surface area contributed by atoms with Crippen LogP contribution in [0.1, 0.15) is 29.2 Å². The first-order valence-corrected chi connectivity index (χ1v) is 12.0. The van der Waals surface area contributed by atoms with Gasteiger partial charge in [-0.15, -0.1) is 0 Å². The van der Waals surface area contributed by atoms with Gasteiger partial charge >= 0.3 is 6.18 Å². The summed E-state index contributed by atoms with van der Waals surface area (Å²) in [5.41, 5.74) is 16.4. The number of halogens is 3. The van der Waals surface area contributed by atoms with E-state index >= 15 is 0 Å². The number of phenolic OH excluding ortho intramolecular Hbond substituents is 1. The van der Waals surface area contributed by atoms with Crippen molar-refractivity contribution in [1.29, 1.82) is 0 Å². The van der Waals surface area contributed by atoms with E-state index in [2.05, 4.69) is 10.6 Å². The van der Waals surface area contributed by atoms with Crippen molar-refractivity contribution in [3.63, 3.8) is 0 Å². The molecule has 0 bridgehead atoms. The minimum atomic E-state index is -4.61. The molecule has 10 N–H and O–H groups in total. The Bertz CT molecular complexity index is 1090. The van der Waals surface area contributed by atoms with Gasteiger partial charge in [-0.25, -0.2) is 0 Å². The van der Waals surface area contributed by atoms with Gasteiger partial charge < -0.3 is 42.9 Å². The Morgan fingerprint density at radius 1 is 0.923 bits per heavy atom. The first-order valence-electron chi connectivity index (χ1n) is 12.0. The number of nitrogens with two attached hydrogens (primary N) is 3. The zero-order valence-corrected chi connectivity index (χ0v) is 21.0. The van der Waals surface area contributed by atoms with Gasteiger partial charge in [0.2, 0.25) is 17.7 Å². The second-order valence-electron chi connectivity index (χ2n) is 8.70. The standard InChI is InChI=1S/C25H33F3N6O5/c26-25(27,28)17-5-3-16(4-6-17)22(37)21(24(39)32-14-15-1-7-18(35)8-2-15)33-23(38)19(31)13-20(36)34(11-9-29)12-10-30/h1-8,19,21-22,35,37H,9-14,29-31H2,(H,32,39)(H,33,38)/t19-,21?,22+/m0/s1. The fraction of sp³-hybridized carbons (Fsp3) is 0.400. The Morgan fingerprint density at radius 3 is 2.00 bits per heavy atom. The number of nitrogens with zero attached hydrogens (tertiary/aromatic N) is 1. The Balaban J connectivity index is 2.21. The molecule has 0 heterocycles. The van der Waals surface area contributed by atoms with E-state index in [0.29, 0.717) is 5.56 Å². The summed E-state index contributed by atoms with van der Waals surface area (Å²) < 4.78 is 38.9. The second kappa shape index (κ2) is 14.4. The third-order valence-electron chi connectivity index (χ3n) is 5.76. The number of alkyl halides is 3. The monoisotopic (exact) mass is 554 g/mol. The van der Waals surface area contributed by atoms with Crippen LogP contribution in [0.25, 0.3) is 0 Å². The number of hydrogen-bond donors (Lipinski definition) is 7. The first-order chi connectivity index (χ1) is 18.4. The molecule has 1 unspecified atom stereocenters. The summed E-state index contributed by atoms with van der Waals surface area (Å²) in [6.07, 6.45) is -6.81. The maximum atomic E-state index is 13.0. The van der Waals surface area contributed by atoms with Crippen LogP contribution >= 0.6 is 0 Å². The quantitative estimate of drug-likeness (QED) is 0.175. The van der Waals surface area contributed by atoms with Crippen molar-refractivity contribution in [2.24, 2.45) is 17.2 Å². The van der Waals surface area contributed by atoms with E-state index in [1.165, 1.54) is 29.2 Å². The van der Waals surface area contributed by atoms with Gasteiger partial charge in [-0.2, -0.15) is 13.2 Å². The molecule has 14 heteroatoms. The minimum absolute atomic E-state index is 0.00738. The second-order valence-corrected chi connectivity index (χ2v) is 8.70. The van der Waals surface area contributed by atoms with Crippen molar-refractivity contribution >= 4 is 17.7 Å². The number of phenols is 1. The molecule has 0 aliphatic heterocycles. The highest BCUT2D eigenvalue weighted by molar-refractivity contribution is 5.92. The van der Waals surface area contributed by atoms with Crippen molar-refractivity contribution in [3.05, 3.63) is 65.2 Å². The van der Waals surface area contributed by atoms with Crippen LogP contribution in [0.4, 0.5) is 13.2 Å². The summed E-state index contributed by atoms with van der Waals surface area (Å²) in [5, 5.41) is 25.1. The van der Waals surface area contributed by atoms with Gasteiger partial charge in [-0.3, -0.25) is 14.4 Å². The van der Waals surface area contributed by atoms with E-state index in [1.807, 2.05) is 0 Å². The molecule has 2 aromatic rings. The Morgan fingerprint density at radius 2 is 1.49 bits per heavy atom. The van der Waals surface area contributed by atoms with Gasteiger partial charge in [-0.1, -0.05) is 24.3 Å². The van der Waals surface area contributed by atoms with Crippen LogP contribution in [0.3, 0.4) is 0 Å². The average molecular weight is 555 g/mol. The third kappa shape index (κ3) is 9.51. The summed E-state index contributed by atoms with van der Waals surface area (Å²) in [6, 6.07) is 6.22. The fourth-order valence-corrected chi connectivity index (χ4v) is 3.61. The van der Waals surface area contributed by atoms with Gasteiger partial charge in [0, 0.05) is 32.7 Å². The van der Waals surface area contributed by atoms with E-state index in [9.17, 15) is 37.8 Å². The lowest BCUT2D eigenvalue weighted by molar-refractivity contribution is -0.138. The Hall–Kier alpha value is -3.72.